The zero-order valence-electron chi connectivity index (χ0n) is 9.14. The summed E-state index contributed by atoms with van der Waals surface area (Å²) in [6.07, 6.45) is 3.86. The van der Waals surface area contributed by atoms with Gasteiger partial charge in [0, 0.05) is 12.0 Å². The lowest BCUT2D eigenvalue weighted by Gasteiger charge is -2.18. The lowest BCUT2D eigenvalue weighted by atomic mass is 9.90. The maximum Gasteiger partial charge on any atom is 0.00810 e. The molecule has 1 nitrogen and oxygen atoms in total. The molecule has 0 heterocycles. The standard InChI is InChI=1S/C13H19N/c1-3-11-6-4-5-7-12(11)13(8-9-13)10-14-2/h4-7,14H,3,8-10H2,1-2H3. The highest BCUT2D eigenvalue weighted by Gasteiger charge is 2.44. The van der Waals surface area contributed by atoms with Gasteiger partial charge in [-0.1, -0.05) is 31.2 Å². The molecule has 0 aromatic heterocycles. The van der Waals surface area contributed by atoms with Crippen LogP contribution in [0.15, 0.2) is 24.3 Å². The Labute approximate surface area is 86.5 Å². The van der Waals surface area contributed by atoms with Gasteiger partial charge in [0.2, 0.25) is 0 Å². The van der Waals surface area contributed by atoms with E-state index in [9.17, 15) is 0 Å². The molecule has 0 atom stereocenters. The van der Waals surface area contributed by atoms with Gasteiger partial charge in [-0.05, 0) is 37.4 Å². The fourth-order valence-corrected chi connectivity index (χ4v) is 2.38. The maximum atomic E-state index is 3.32. The minimum absolute atomic E-state index is 0.474. The molecule has 0 saturated heterocycles. The normalized spacial score (nSPS) is 18.1. The molecular formula is C13H19N. The number of hydrogen-bond donors (Lipinski definition) is 1. The number of hydrogen-bond acceptors (Lipinski definition) is 1. The third kappa shape index (κ3) is 1.57. The van der Waals surface area contributed by atoms with Gasteiger partial charge >= 0.3 is 0 Å². The van der Waals surface area contributed by atoms with Crippen molar-refractivity contribution in [3.63, 3.8) is 0 Å². The van der Waals surface area contributed by atoms with Crippen LogP contribution in [0.2, 0.25) is 0 Å². The van der Waals surface area contributed by atoms with E-state index in [1.807, 2.05) is 0 Å². The third-order valence-corrected chi connectivity index (χ3v) is 3.34. The molecule has 1 heteroatoms. The maximum absolute atomic E-state index is 3.32. The summed E-state index contributed by atoms with van der Waals surface area (Å²) in [5, 5.41) is 3.32. The van der Waals surface area contributed by atoms with E-state index in [2.05, 4.69) is 43.6 Å². The van der Waals surface area contributed by atoms with E-state index in [4.69, 9.17) is 0 Å². The molecule has 14 heavy (non-hydrogen) atoms. The van der Waals surface area contributed by atoms with Crippen LogP contribution in [0, 0.1) is 0 Å². The van der Waals surface area contributed by atoms with Crippen LogP contribution in [0.25, 0.3) is 0 Å². The van der Waals surface area contributed by atoms with Gasteiger partial charge in [-0.3, -0.25) is 0 Å². The molecule has 1 fully saturated rings. The van der Waals surface area contributed by atoms with Gasteiger partial charge in [-0.15, -0.1) is 0 Å². The highest BCUT2D eigenvalue weighted by atomic mass is 14.8. The van der Waals surface area contributed by atoms with E-state index < -0.39 is 0 Å². The Bertz CT molecular complexity index is 313. The molecule has 1 aliphatic rings. The summed E-state index contributed by atoms with van der Waals surface area (Å²) in [5.41, 5.74) is 3.58. The lowest BCUT2D eigenvalue weighted by Crippen LogP contribution is -2.24. The van der Waals surface area contributed by atoms with Crippen molar-refractivity contribution in [1.82, 2.24) is 5.32 Å². The summed E-state index contributed by atoms with van der Waals surface area (Å²) in [6.45, 7) is 3.37. The van der Waals surface area contributed by atoms with E-state index in [-0.39, 0.29) is 0 Å². The van der Waals surface area contributed by atoms with Gasteiger partial charge < -0.3 is 5.32 Å². The van der Waals surface area contributed by atoms with Gasteiger partial charge in [-0.25, -0.2) is 0 Å². The van der Waals surface area contributed by atoms with Crippen LogP contribution in [0.3, 0.4) is 0 Å². The van der Waals surface area contributed by atoms with E-state index in [1.54, 1.807) is 5.56 Å². The molecule has 1 saturated carbocycles. The third-order valence-electron chi connectivity index (χ3n) is 3.34. The minimum Gasteiger partial charge on any atom is -0.319 e. The summed E-state index contributed by atoms with van der Waals surface area (Å²) < 4.78 is 0. The van der Waals surface area contributed by atoms with Crippen LogP contribution < -0.4 is 5.32 Å². The second-order valence-electron chi connectivity index (χ2n) is 4.32. The number of aryl methyl sites for hydroxylation is 1. The van der Waals surface area contributed by atoms with Gasteiger partial charge in [0.05, 0.1) is 0 Å². The summed E-state index contributed by atoms with van der Waals surface area (Å²) >= 11 is 0. The Kier molecular flexibility index (Phi) is 2.60. The summed E-state index contributed by atoms with van der Waals surface area (Å²) in [5.74, 6) is 0. The number of likely N-dealkylation sites (N-methyl/N-ethyl adjacent to an activating group) is 1. The first-order valence-corrected chi connectivity index (χ1v) is 5.55. The molecule has 0 aliphatic heterocycles. The topological polar surface area (TPSA) is 12.0 Å². The zero-order chi connectivity index (χ0) is 10.0. The SMILES string of the molecule is CCc1ccccc1C1(CNC)CC1. The van der Waals surface area contributed by atoms with E-state index in [1.165, 1.54) is 18.4 Å². The van der Waals surface area contributed by atoms with Crippen molar-refractivity contribution >= 4 is 0 Å². The van der Waals surface area contributed by atoms with Gasteiger partial charge in [0.15, 0.2) is 0 Å². The first-order chi connectivity index (χ1) is 6.82. The molecule has 0 radical (unpaired) electrons. The van der Waals surface area contributed by atoms with E-state index in [0.29, 0.717) is 5.41 Å². The predicted molar refractivity (Wildman–Crippen MR) is 60.7 cm³/mol. The summed E-state index contributed by atoms with van der Waals surface area (Å²) in [7, 11) is 2.05. The highest BCUT2D eigenvalue weighted by Crippen LogP contribution is 2.48. The lowest BCUT2D eigenvalue weighted by molar-refractivity contribution is 0.619. The average Bonchev–Trinajstić information content (AvgIpc) is 2.99. The minimum atomic E-state index is 0.474. The second kappa shape index (κ2) is 3.74. The van der Waals surface area contributed by atoms with Crippen LogP contribution in [0.1, 0.15) is 30.9 Å². The molecule has 0 amide bonds. The number of rotatable bonds is 4. The predicted octanol–water partition coefficient (Wildman–Crippen LogP) is 2.50. The van der Waals surface area contributed by atoms with Crippen molar-refractivity contribution in [2.24, 2.45) is 0 Å². The molecule has 2 rings (SSSR count). The van der Waals surface area contributed by atoms with Crippen molar-refractivity contribution in [3.8, 4) is 0 Å². The van der Waals surface area contributed by atoms with Gasteiger partial charge in [-0.2, -0.15) is 0 Å². The van der Waals surface area contributed by atoms with Gasteiger partial charge in [0.1, 0.15) is 0 Å². The highest BCUT2D eigenvalue weighted by molar-refractivity contribution is 5.39. The van der Waals surface area contributed by atoms with Crippen molar-refractivity contribution < 1.29 is 0 Å². The van der Waals surface area contributed by atoms with Crippen LogP contribution in [0.4, 0.5) is 0 Å². The largest absolute Gasteiger partial charge is 0.319 e. The van der Waals surface area contributed by atoms with Crippen molar-refractivity contribution in [1.29, 1.82) is 0 Å². The van der Waals surface area contributed by atoms with Crippen LogP contribution in [0.5, 0.6) is 0 Å². The van der Waals surface area contributed by atoms with Crippen LogP contribution in [-0.2, 0) is 11.8 Å². The molecule has 1 aliphatic carbocycles. The molecule has 1 aromatic carbocycles. The van der Waals surface area contributed by atoms with E-state index in [0.717, 1.165) is 13.0 Å². The van der Waals surface area contributed by atoms with Crippen LogP contribution in [-0.4, -0.2) is 13.6 Å². The monoisotopic (exact) mass is 189 g/mol. The summed E-state index contributed by atoms with van der Waals surface area (Å²) in [6, 6.07) is 8.90. The number of nitrogens with one attached hydrogen (secondary N) is 1. The Morgan fingerprint density at radius 1 is 1.29 bits per heavy atom. The molecule has 0 spiro atoms. The first-order valence-electron chi connectivity index (χ1n) is 5.55. The molecular weight excluding hydrogens is 170 g/mol. The summed E-state index contributed by atoms with van der Waals surface area (Å²) in [4.78, 5) is 0. The fourth-order valence-electron chi connectivity index (χ4n) is 2.38. The molecule has 1 aromatic rings. The molecule has 1 N–H and O–H groups in total. The molecule has 0 unspecified atom stereocenters. The molecule has 76 valence electrons. The smallest absolute Gasteiger partial charge is 0.00810 e. The Morgan fingerprint density at radius 3 is 2.57 bits per heavy atom. The number of benzene rings is 1. The first kappa shape index (κ1) is 9.72. The van der Waals surface area contributed by atoms with Gasteiger partial charge in [0.25, 0.3) is 0 Å². The van der Waals surface area contributed by atoms with Crippen molar-refractivity contribution in [3.05, 3.63) is 35.4 Å². The van der Waals surface area contributed by atoms with Crippen LogP contribution >= 0.6 is 0 Å². The average molecular weight is 189 g/mol. The Balaban J connectivity index is 2.31. The van der Waals surface area contributed by atoms with Crippen molar-refractivity contribution in [2.45, 2.75) is 31.6 Å². The fraction of sp³-hybridized carbons (Fsp3) is 0.538. The van der Waals surface area contributed by atoms with Crippen molar-refractivity contribution in [2.75, 3.05) is 13.6 Å². The Hall–Kier alpha value is -0.820. The quantitative estimate of drug-likeness (QED) is 0.767. The molecule has 0 bridgehead atoms. The zero-order valence-corrected chi connectivity index (χ0v) is 9.14. The second-order valence-corrected chi connectivity index (χ2v) is 4.32. The Morgan fingerprint density at radius 2 is 2.00 bits per heavy atom. The van der Waals surface area contributed by atoms with E-state index >= 15 is 0 Å².